The highest BCUT2D eigenvalue weighted by Gasteiger charge is 2.08. The lowest BCUT2D eigenvalue weighted by atomic mass is 9.98. The summed E-state index contributed by atoms with van der Waals surface area (Å²) in [6.07, 6.45) is 1.11. The van der Waals surface area contributed by atoms with Crippen LogP contribution in [-0.4, -0.2) is 6.07 Å². The van der Waals surface area contributed by atoms with Crippen LogP contribution in [0.15, 0.2) is 24.3 Å². The van der Waals surface area contributed by atoms with Crippen molar-refractivity contribution in [1.29, 1.82) is 0 Å². The van der Waals surface area contributed by atoms with Gasteiger partial charge in [-0.15, -0.1) is 0 Å². The fraction of sp³-hybridized carbons (Fsp3) is 0.455. The molecule has 0 fully saturated rings. The number of benzene rings is 1. The molecule has 0 aliphatic heterocycles. The molecule has 72 valence electrons. The number of alkyl halides is 1. The van der Waals surface area contributed by atoms with Gasteiger partial charge in [-0.25, -0.2) is 0 Å². The maximum absolute atomic E-state index is 5.53. The lowest BCUT2D eigenvalue weighted by molar-refractivity contribution is 0.380. The van der Waals surface area contributed by atoms with Crippen LogP contribution in [0.2, 0.25) is 0 Å². The van der Waals surface area contributed by atoms with Crippen LogP contribution in [0.4, 0.5) is 0 Å². The minimum atomic E-state index is 0.216. The fourth-order valence-corrected chi connectivity index (χ4v) is 1.42. The highest BCUT2D eigenvalue weighted by molar-refractivity contribution is 6.17. The average molecular weight is 199 g/mol. The zero-order chi connectivity index (χ0) is 9.68. The molecule has 0 amide bonds. The molecule has 0 spiro atoms. The van der Waals surface area contributed by atoms with Gasteiger partial charge in [0.25, 0.3) is 0 Å². The first-order chi connectivity index (χ1) is 6.29. The summed E-state index contributed by atoms with van der Waals surface area (Å²) >= 11 is 5.53. The molecule has 0 aromatic heterocycles. The van der Waals surface area contributed by atoms with Crippen LogP contribution in [0, 0.1) is 0 Å². The Bertz CT molecular complexity index is 260. The molecule has 1 aromatic rings. The summed E-state index contributed by atoms with van der Waals surface area (Å²) < 4.78 is 5.33. The van der Waals surface area contributed by atoms with E-state index in [-0.39, 0.29) is 6.07 Å². The molecule has 1 atom stereocenters. The van der Waals surface area contributed by atoms with Crippen LogP contribution < -0.4 is 4.74 Å². The van der Waals surface area contributed by atoms with Crippen molar-refractivity contribution in [2.75, 3.05) is 6.07 Å². The molecule has 0 bridgehead atoms. The van der Waals surface area contributed by atoms with Gasteiger partial charge in [-0.3, -0.25) is 0 Å². The maximum Gasteiger partial charge on any atom is 0.162 e. The molecular formula is C11H15ClO. The summed E-state index contributed by atoms with van der Waals surface area (Å²) in [7, 11) is 0. The molecule has 0 aliphatic carbocycles. The normalized spacial score (nSPS) is 12.5. The largest absolute Gasteiger partial charge is 0.478 e. The van der Waals surface area contributed by atoms with E-state index in [0.717, 1.165) is 12.2 Å². The van der Waals surface area contributed by atoms with Gasteiger partial charge in [-0.05, 0) is 24.0 Å². The van der Waals surface area contributed by atoms with Crippen molar-refractivity contribution in [1.82, 2.24) is 0 Å². The Morgan fingerprint density at radius 2 is 2.08 bits per heavy atom. The zero-order valence-corrected chi connectivity index (χ0v) is 8.84. The highest BCUT2D eigenvalue weighted by Crippen LogP contribution is 2.28. The Balaban J connectivity index is 2.90. The molecule has 1 rings (SSSR count). The monoisotopic (exact) mass is 198 g/mol. The van der Waals surface area contributed by atoms with E-state index in [1.807, 2.05) is 18.2 Å². The predicted molar refractivity (Wildman–Crippen MR) is 56.5 cm³/mol. The molecule has 1 nitrogen and oxygen atoms in total. The Labute approximate surface area is 84.7 Å². The van der Waals surface area contributed by atoms with E-state index in [4.69, 9.17) is 16.3 Å². The zero-order valence-electron chi connectivity index (χ0n) is 8.09. The average Bonchev–Trinajstić information content (AvgIpc) is 2.18. The molecule has 0 saturated heterocycles. The Morgan fingerprint density at radius 3 is 2.69 bits per heavy atom. The van der Waals surface area contributed by atoms with Crippen LogP contribution in [-0.2, 0) is 0 Å². The van der Waals surface area contributed by atoms with E-state index in [2.05, 4.69) is 19.9 Å². The maximum atomic E-state index is 5.53. The van der Waals surface area contributed by atoms with Crippen LogP contribution in [0.3, 0.4) is 0 Å². The Hall–Kier alpha value is -0.690. The minimum Gasteiger partial charge on any atom is -0.478 e. The van der Waals surface area contributed by atoms with Crippen molar-refractivity contribution in [2.45, 2.75) is 26.2 Å². The van der Waals surface area contributed by atoms with Crippen molar-refractivity contribution in [3.8, 4) is 5.75 Å². The molecule has 2 heteroatoms. The topological polar surface area (TPSA) is 9.23 Å². The van der Waals surface area contributed by atoms with Gasteiger partial charge in [-0.1, -0.05) is 43.6 Å². The number of hydrogen-bond acceptors (Lipinski definition) is 1. The molecule has 13 heavy (non-hydrogen) atoms. The molecular weight excluding hydrogens is 184 g/mol. The predicted octanol–water partition coefficient (Wildman–Crippen LogP) is 3.78. The second kappa shape index (κ2) is 5.13. The SMILES string of the molecule is CCC(C)c1ccccc1OCCl. The van der Waals surface area contributed by atoms with Crippen LogP contribution in [0.1, 0.15) is 31.7 Å². The van der Waals surface area contributed by atoms with Gasteiger partial charge in [0, 0.05) is 0 Å². The lowest BCUT2D eigenvalue weighted by Gasteiger charge is -2.13. The first-order valence-electron chi connectivity index (χ1n) is 4.57. The molecule has 0 radical (unpaired) electrons. The summed E-state index contributed by atoms with van der Waals surface area (Å²) in [4.78, 5) is 0. The first-order valence-corrected chi connectivity index (χ1v) is 5.10. The van der Waals surface area contributed by atoms with Crippen LogP contribution in [0.5, 0.6) is 5.75 Å². The third kappa shape index (κ3) is 2.63. The smallest absolute Gasteiger partial charge is 0.162 e. The van der Waals surface area contributed by atoms with Gasteiger partial charge < -0.3 is 4.74 Å². The van der Waals surface area contributed by atoms with E-state index in [1.165, 1.54) is 5.56 Å². The van der Waals surface area contributed by atoms with Crippen LogP contribution in [0.25, 0.3) is 0 Å². The summed E-state index contributed by atoms with van der Waals surface area (Å²) in [5.41, 5.74) is 1.24. The van der Waals surface area contributed by atoms with E-state index >= 15 is 0 Å². The third-order valence-electron chi connectivity index (χ3n) is 2.27. The van der Waals surface area contributed by atoms with Crippen molar-refractivity contribution in [3.05, 3.63) is 29.8 Å². The highest BCUT2D eigenvalue weighted by atomic mass is 35.5. The summed E-state index contributed by atoms with van der Waals surface area (Å²) in [6, 6.07) is 8.27. The van der Waals surface area contributed by atoms with Crippen molar-refractivity contribution in [3.63, 3.8) is 0 Å². The van der Waals surface area contributed by atoms with Crippen molar-refractivity contribution >= 4 is 11.6 Å². The molecule has 0 heterocycles. The van der Waals surface area contributed by atoms with E-state index < -0.39 is 0 Å². The standard InChI is InChI=1S/C11H15ClO/c1-3-9(2)10-6-4-5-7-11(10)13-8-12/h4-7,9H,3,8H2,1-2H3. The van der Waals surface area contributed by atoms with Gasteiger partial charge in [0.1, 0.15) is 5.75 Å². The summed E-state index contributed by atoms with van der Waals surface area (Å²) in [5.74, 6) is 1.44. The Kier molecular flexibility index (Phi) is 4.10. The third-order valence-corrected chi connectivity index (χ3v) is 2.38. The fourth-order valence-electron chi connectivity index (χ4n) is 1.30. The molecule has 0 N–H and O–H groups in total. The van der Waals surface area contributed by atoms with E-state index in [9.17, 15) is 0 Å². The molecule has 0 aliphatic rings. The quantitative estimate of drug-likeness (QED) is 0.670. The second-order valence-corrected chi connectivity index (χ2v) is 3.32. The second-order valence-electron chi connectivity index (χ2n) is 3.10. The van der Waals surface area contributed by atoms with Gasteiger partial charge in [0.15, 0.2) is 6.07 Å². The summed E-state index contributed by atoms with van der Waals surface area (Å²) in [5, 5.41) is 0. The number of rotatable bonds is 4. The van der Waals surface area contributed by atoms with Crippen molar-refractivity contribution < 1.29 is 4.74 Å². The number of para-hydroxylation sites is 1. The van der Waals surface area contributed by atoms with Crippen molar-refractivity contribution in [2.24, 2.45) is 0 Å². The van der Waals surface area contributed by atoms with E-state index in [1.54, 1.807) is 0 Å². The molecule has 0 saturated carbocycles. The number of ether oxygens (including phenoxy) is 1. The number of halogens is 1. The van der Waals surface area contributed by atoms with Crippen LogP contribution >= 0.6 is 11.6 Å². The van der Waals surface area contributed by atoms with Gasteiger partial charge >= 0.3 is 0 Å². The summed E-state index contributed by atoms with van der Waals surface area (Å²) in [6.45, 7) is 4.36. The van der Waals surface area contributed by atoms with Gasteiger partial charge in [0.05, 0.1) is 0 Å². The molecule has 1 unspecified atom stereocenters. The van der Waals surface area contributed by atoms with Gasteiger partial charge in [0.2, 0.25) is 0 Å². The first kappa shape index (κ1) is 10.4. The Morgan fingerprint density at radius 1 is 1.38 bits per heavy atom. The van der Waals surface area contributed by atoms with Gasteiger partial charge in [-0.2, -0.15) is 0 Å². The lowest BCUT2D eigenvalue weighted by Crippen LogP contribution is -1.98. The molecule has 1 aromatic carbocycles. The number of hydrogen-bond donors (Lipinski definition) is 0. The minimum absolute atomic E-state index is 0.216. The van der Waals surface area contributed by atoms with E-state index in [0.29, 0.717) is 5.92 Å².